The highest BCUT2D eigenvalue weighted by atomic mass is 79.9. The molecule has 1 aliphatic rings. The van der Waals surface area contributed by atoms with Crippen LogP contribution < -0.4 is 15.1 Å². The summed E-state index contributed by atoms with van der Waals surface area (Å²) in [5.74, 6) is 2.46. The van der Waals surface area contributed by atoms with Gasteiger partial charge in [-0.05, 0) is 198 Å². The Balaban J connectivity index is 1.23. The van der Waals surface area contributed by atoms with Crippen LogP contribution in [0.4, 0.5) is 17.1 Å². The van der Waals surface area contributed by atoms with Gasteiger partial charge in [0.25, 0.3) is 0 Å². The third-order valence-electron chi connectivity index (χ3n) is 14.6. The molecule has 2 radical (unpaired) electrons. The number of hydrogen-bond acceptors (Lipinski definition) is 2. The average molecular weight is 1000 g/mol. The fourth-order valence-electron chi connectivity index (χ4n) is 9.84. The van der Waals surface area contributed by atoms with E-state index in [4.69, 9.17) is 12.6 Å². The molecule has 9 aromatic carbocycles. The third kappa shape index (κ3) is 10.1. The summed E-state index contributed by atoms with van der Waals surface area (Å²) >= 11 is 3.73. The van der Waals surface area contributed by atoms with Crippen molar-refractivity contribution in [1.82, 2.24) is 0 Å². The van der Waals surface area contributed by atoms with Gasteiger partial charge in [-0.15, -0.1) is 0 Å². The zero-order valence-electron chi connectivity index (χ0n) is 43.4. The molecule has 0 saturated carbocycles. The smallest absolute Gasteiger partial charge is 0.152 e. The Morgan fingerprint density at radius 2 is 0.778 bits per heavy atom. The molecule has 1 aliphatic heterocycles. The second-order valence-electron chi connectivity index (χ2n) is 22.3. The lowest BCUT2D eigenvalue weighted by Gasteiger charge is -2.34. The summed E-state index contributed by atoms with van der Waals surface area (Å²) in [5.41, 5.74) is 22.6. The van der Waals surface area contributed by atoms with Crippen molar-refractivity contribution >= 4 is 46.3 Å². The lowest BCUT2D eigenvalue weighted by molar-refractivity contribution is 0.477. The third-order valence-corrected chi connectivity index (χ3v) is 15.1. The molecule has 9 aromatic rings. The molecule has 0 aromatic heterocycles. The van der Waals surface area contributed by atoms with Crippen LogP contribution in [0.15, 0.2) is 193 Å². The molecule has 0 fully saturated rings. The first-order valence-electron chi connectivity index (χ1n) is 25.4. The fraction of sp³-hybridized carbons (Fsp3) is 0.206. The quantitative estimate of drug-likeness (QED) is 0.134. The number of benzene rings is 9. The van der Waals surface area contributed by atoms with Crippen molar-refractivity contribution in [1.29, 1.82) is 0 Å². The average Bonchev–Trinajstić information content (AvgIpc) is 3.37. The zero-order valence-corrected chi connectivity index (χ0v) is 44.9. The number of halogens is 1. The molecule has 356 valence electrons. The van der Waals surface area contributed by atoms with E-state index in [1.54, 1.807) is 0 Å². The van der Waals surface area contributed by atoms with E-state index in [0.29, 0.717) is 23.0 Å². The second-order valence-corrected chi connectivity index (χ2v) is 23.2. The highest BCUT2D eigenvalue weighted by Crippen LogP contribution is 2.52. The maximum Gasteiger partial charge on any atom is 0.152 e. The molecule has 72 heavy (non-hydrogen) atoms. The standard InChI is InChI=1S/C68H63BBrNO/c1-42(2)44(4)45-15-17-47(18-16-45)51-32-53(49-21-25-59(26-22-49)68(8,9)10)36-55(34-51)57-37-56(38-62(39-57)71-63-29-27-60(69)40-65(63)72-66-41-61(70)28-30-64(66)71)54-33-50(46-13-11-43(3)12-14-46)31-52(35-54)48-19-23-58(24-20-48)67(5,6)7/h11-42,44H,1-10H3/t44-/m0/s1. The van der Waals surface area contributed by atoms with Crippen LogP contribution >= 0.6 is 15.9 Å². The number of fused-ring (bicyclic) bond motifs is 2. The van der Waals surface area contributed by atoms with E-state index in [2.05, 4.69) is 260 Å². The fourth-order valence-corrected chi connectivity index (χ4v) is 10.2. The number of ether oxygens (including phenoxy) is 1. The Bertz CT molecular complexity index is 3390. The van der Waals surface area contributed by atoms with Crippen molar-refractivity contribution in [2.24, 2.45) is 5.92 Å². The number of hydrogen-bond donors (Lipinski definition) is 0. The van der Waals surface area contributed by atoms with Crippen molar-refractivity contribution in [3.05, 3.63) is 215 Å². The summed E-state index contributed by atoms with van der Waals surface area (Å²) in [6.07, 6.45) is 0. The van der Waals surface area contributed by atoms with Gasteiger partial charge in [-0.25, -0.2) is 0 Å². The predicted octanol–water partition coefficient (Wildman–Crippen LogP) is 19.5. The van der Waals surface area contributed by atoms with Crippen LogP contribution in [-0.4, -0.2) is 7.85 Å². The minimum absolute atomic E-state index is 0.0439. The lowest BCUT2D eigenvalue weighted by Crippen LogP contribution is -2.17. The summed E-state index contributed by atoms with van der Waals surface area (Å²) in [4.78, 5) is 2.33. The van der Waals surface area contributed by atoms with Gasteiger partial charge in [0.05, 0.1) is 11.4 Å². The van der Waals surface area contributed by atoms with Gasteiger partial charge in [0, 0.05) is 10.2 Å². The summed E-state index contributed by atoms with van der Waals surface area (Å²) in [6, 6.07) is 69.9. The summed E-state index contributed by atoms with van der Waals surface area (Å²) < 4.78 is 7.57. The van der Waals surface area contributed by atoms with Gasteiger partial charge in [0.15, 0.2) is 11.5 Å². The maximum absolute atomic E-state index is 6.63. The van der Waals surface area contributed by atoms with Gasteiger partial charge in [-0.1, -0.05) is 192 Å². The first-order chi connectivity index (χ1) is 34.3. The number of nitrogens with zero attached hydrogens (tertiary/aromatic N) is 1. The van der Waals surface area contributed by atoms with E-state index in [1.165, 1.54) is 55.6 Å². The molecule has 4 heteroatoms. The normalized spacial score (nSPS) is 12.9. The second kappa shape index (κ2) is 19.3. The van der Waals surface area contributed by atoms with Crippen LogP contribution in [0.25, 0.3) is 66.8 Å². The Hall–Kier alpha value is -6.88. The van der Waals surface area contributed by atoms with Crippen LogP contribution in [0.2, 0.25) is 0 Å². The van der Waals surface area contributed by atoms with E-state index in [0.717, 1.165) is 60.7 Å². The van der Waals surface area contributed by atoms with E-state index in [-0.39, 0.29) is 10.8 Å². The van der Waals surface area contributed by atoms with Crippen molar-refractivity contribution in [2.45, 2.75) is 86.0 Å². The molecule has 1 atom stereocenters. The van der Waals surface area contributed by atoms with Gasteiger partial charge in [0.2, 0.25) is 0 Å². The Morgan fingerprint density at radius 1 is 0.417 bits per heavy atom. The number of aryl methyl sites for hydroxylation is 1. The molecule has 0 saturated heterocycles. The summed E-state index contributed by atoms with van der Waals surface area (Å²) in [6.45, 7) is 22.7. The zero-order chi connectivity index (χ0) is 50.6. The monoisotopic (exact) mass is 999 g/mol. The molecule has 2 nitrogen and oxygen atoms in total. The highest BCUT2D eigenvalue weighted by Gasteiger charge is 2.28. The van der Waals surface area contributed by atoms with Gasteiger partial charge < -0.3 is 9.64 Å². The number of anilines is 3. The number of rotatable bonds is 9. The van der Waals surface area contributed by atoms with E-state index in [1.807, 2.05) is 18.2 Å². The topological polar surface area (TPSA) is 12.5 Å². The Kier molecular flexibility index (Phi) is 13.1. The maximum atomic E-state index is 6.63. The van der Waals surface area contributed by atoms with Crippen LogP contribution in [0.5, 0.6) is 11.5 Å². The van der Waals surface area contributed by atoms with Gasteiger partial charge in [0.1, 0.15) is 7.85 Å². The molecule has 0 N–H and O–H groups in total. The van der Waals surface area contributed by atoms with Gasteiger partial charge in [-0.2, -0.15) is 0 Å². The minimum atomic E-state index is 0.0439. The minimum Gasteiger partial charge on any atom is -0.453 e. The van der Waals surface area contributed by atoms with Crippen LogP contribution in [-0.2, 0) is 10.8 Å². The molecule has 0 spiro atoms. The van der Waals surface area contributed by atoms with Crippen LogP contribution in [0, 0.1) is 12.8 Å². The van der Waals surface area contributed by atoms with Crippen LogP contribution in [0.3, 0.4) is 0 Å². The highest BCUT2D eigenvalue weighted by molar-refractivity contribution is 9.10. The van der Waals surface area contributed by atoms with Crippen molar-refractivity contribution < 1.29 is 4.74 Å². The van der Waals surface area contributed by atoms with E-state index in [9.17, 15) is 0 Å². The SMILES string of the molecule is [B]c1ccc2c(c1)Oc1cc(Br)ccc1N2c1cc(-c2cc(-c3ccc(C)cc3)cc(-c3ccc(C(C)(C)C)cc3)c2)cc(-c2cc(-c3ccc([C@@H](C)C(C)C)cc3)cc(-c3ccc(C(C)(C)C)cc3)c2)c1. The lowest BCUT2D eigenvalue weighted by atomic mass is 9.85. The van der Waals surface area contributed by atoms with Gasteiger partial charge >= 0.3 is 0 Å². The molecule has 0 aliphatic carbocycles. The molecule has 1 heterocycles. The first kappa shape index (κ1) is 48.7. The van der Waals surface area contributed by atoms with E-state index < -0.39 is 0 Å². The molecule has 0 amide bonds. The van der Waals surface area contributed by atoms with Crippen molar-refractivity contribution in [2.75, 3.05) is 4.90 Å². The van der Waals surface area contributed by atoms with Crippen LogP contribution in [0.1, 0.15) is 90.5 Å². The summed E-state index contributed by atoms with van der Waals surface area (Å²) in [7, 11) is 6.46. The van der Waals surface area contributed by atoms with Gasteiger partial charge in [-0.3, -0.25) is 0 Å². The Labute approximate surface area is 438 Å². The molecular weight excluding hydrogens is 937 g/mol. The first-order valence-corrected chi connectivity index (χ1v) is 26.2. The van der Waals surface area contributed by atoms with E-state index >= 15 is 0 Å². The largest absolute Gasteiger partial charge is 0.453 e. The Morgan fingerprint density at radius 3 is 1.19 bits per heavy atom. The molecule has 0 bridgehead atoms. The predicted molar refractivity (Wildman–Crippen MR) is 312 cm³/mol. The summed E-state index contributed by atoms with van der Waals surface area (Å²) in [5, 5.41) is 0. The molecule has 0 unspecified atom stereocenters. The van der Waals surface area contributed by atoms with Crippen molar-refractivity contribution in [3.63, 3.8) is 0 Å². The molecular formula is C68H63BBrNO. The van der Waals surface area contributed by atoms with Crippen molar-refractivity contribution in [3.8, 4) is 78.3 Å². The molecule has 10 rings (SSSR count).